The van der Waals surface area contributed by atoms with Crippen molar-refractivity contribution in [1.82, 2.24) is 9.97 Å². The van der Waals surface area contributed by atoms with Gasteiger partial charge in [0, 0.05) is 15.7 Å². The highest BCUT2D eigenvalue weighted by atomic mass is 79.9. The number of anilines is 3. The van der Waals surface area contributed by atoms with Crippen LogP contribution in [0, 0.1) is 5.82 Å². The Morgan fingerprint density at radius 3 is 2.64 bits per heavy atom. The van der Waals surface area contributed by atoms with Gasteiger partial charge in [0.15, 0.2) is 0 Å². The largest absolute Gasteiger partial charge is 0.324 e. The highest BCUT2D eigenvalue weighted by Crippen LogP contribution is 2.28. The SMILES string of the molecule is O=C(Nc1ccc(Br)cc1)c1ccc2nc(Nc3c(F)cccc3Cl)[nH]c2c1. The third kappa shape index (κ3) is 3.85. The molecule has 0 aliphatic rings. The number of nitrogens with one attached hydrogen (secondary N) is 3. The summed E-state index contributed by atoms with van der Waals surface area (Å²) in [5, 5.41) is 5.93. The number of hydrogen-bond donors (Lipinski definition) is 3. The lowest BCUT2D eigenvalue weighted by Gasteiger charge is -2.06. The van der Waals surface area contributed by atoms with Crippen molar-refractivity contribution in [2.24, 2.45) is 0 Å². The minimum Gasteiger partial charge on any atom is -0.324 e. The first-order valence-electron chi connectivity index (χ1n) is 8.27. The summed E-state index contributed by atoms with van der Waals surface area (Å²) in [6.45, 7) is 0. The van der Waals surface area contributed by atoms with Crippen LogP contribution in [0.5, 0.6) is 0 Å². The average Bonchev–Trinajstić information content (AvgIpc) is 3.08. The van der Waals surface area contributed by atoms with Gasteiger partial charge in [0.1, 0.15) is 5.82 Å². The minimum atomic E-state index is -0.484. The lowest BCUT2D eigenvalue weighted by Crippen LogP contribution is -2.11. The molecule has 0 atom stereocenters. The Bertz CT molecular complexity index is 1160. The number of benzene rings is 3. The van der Waals surface area contributed by atoms with E-state index in [9.17, 15) is 9.18 Å². The van der Waals surface area contributed by atoms with Crippen molar-refractivity contribution < 1.29 is 9.18 Å². The number of aromatic nitrogens is 2. The molecule has 140 valence electrons. The summed E-state index contributed by atoms with van der Waals surface area (Å²) in [6.07, 6.45) is 0. The van der Waals surface area contributed by atoms with Gasteiger partial charge < -0.3 is 15.6 Å². The van der Waals surface area contributed by atoms with E-state index in [0.29, 0.717) is 28.2 Å². The summed E-state index contributed by atoms with van der Waals surface area (Å²) in [6, 6.07) is 16.8. The Balaban J connectivity index is 1.57. The van der Waals surface area contributed by atoms with Crippen molar-refractivity contribution in [1.29, 1.82) is 0 Å². The Morgan fingerprint density at radius 1 is 1.11 bits per heavy atom. The van der Waals surface area contributed by atoms with E-state index in [-0.39, 0.29) is 16.6 Å². The van der Waals surface area contributed by atoms with Gasteiger partial charge in [0.25, 0.3) is 5.91 Å². The van der Waals surface area contributed by atoms with E-state index in [1.165, 1.54) is 12.1 Å². The monoisotopic (exact) mass is 458 g/mol. The van der Waals surface area contributed by atoms with Crippen molar-refractivity contribution in [2.45, 2.75) is 0 Å². The molecular formula is C20H13BrClFN4O. The summed E-state index contributed by atoms with van der Waals surface area (Å²) in [5.41, 5.74) is 2.56. The number of rotatable bonds is 4. The smallest absolute Gasteiger partial charge is 0.255 e. The first kappa shape index (κ1) is 18.5. The highest BCUT2D eigenvalue weighted by molar-refractivity contribution is 9.10. The number of para-hydroxylation sites is 1. The fraction of sp³-hybridized carbons (Fsp3) is 0. The molecule has 0 bridgehead atoms. The van der Waals surface area contributed by atoms with Gasteiger partial charge >= 0.3 is 0 Å². The molecule has 4 aromatic rings. The molecule has 1 aromatic heterocycles. The predicted molar refractivity (Wildman–Crippen MR) is 113 cm³/mol. The molecule has 0 fully saturated rings. The number of carbonyl (C=O) groups is 1. The molecule has 5 nitrogen and oxygen atoms in total. The summed E-state index contributed by atoms with van der Waals surface area (Å²) < 4.78 is 14.9. The first-order valence-corrected chi connectivity index (χ1v) is 9.44. The summed E-state index contributed by atoms with van der Waals surface area (Å²) >= 11 is 9.39. The molecule has 0 aliphatic heterocycles. The van der Waals surface area contributed by atoms with Crippen molar-refractivity contribution in [3.8, 4) is 0 Å². The Kier molecular flexibility index (Phi) is 5.02. The van der Waals surface area contributed by atoms with Crippen LogP contribution in [0.25, 0.3) is 11.0 Å². The van der Waals surface area contributed by atoms with E-state index in [1.807, 2.05) is 12.1 Å². The van der Waals surface area contributed by atoms with Crippen LogP contribution in [0.3, 0.4) is 0 Å². The minimum absolute atomic E-state index is 0.136. The lowest BCUT2D eigenvalue weighted by atomic mass is 10.2. The van der Waals surface area contributed by atoms with Crippen LogP contribution in [0.4, 0.5) is 21.7 Å². The van der Waals surface area contributed by atoms with Crippen LogP contribution < -0.4 is 10.6 Å². The summed E-state index contributed by atoms with van der Waals surface area (Å²) in [5.74, 6) is -0.402. The number of imidazole rings is 1. The molecule has 4 rings (SSSR count). The molecule has 0 unspecified atom stereocenters. The van der Waals surface area contributed by atoms with E-state index < -0.39 is 5.82 Å². The number of halogens is 3. The van der Waals surface area contributed by atoms with Crippen LogP contribution in [0.1, 0.15) is 10.4 Å². The van der Waals surface area contributed by atoms with Gasteiger partial charge in [-0.1, -0.05) is 33.6 Å². The second-order valence-electron chi connectivity index (χ2n) is 6.00. The standard InChI is InChI=1S/C20H13BrClFN4O/c21-12-5-7-13(8-6-12)24-19(28)11-4-9-16-17(10-11)26-20(25-16)27-18-14(22)2-1-3-15(18)23/h1-10H,(H,24,28)(H2,25,26,27). The van der Waals surface area contributed by atoms with Crippen LogP contribution in [0.2, 0.25) is 5.02 Å². The van der Waals surface area contributed by atoms with Crippen LogP contribution in [0.15, 0.2) is 65.1 Å². The molecule has 0 saturated heterocycles. The van der Waals surface area contributed by atoms with E-state index >= 15 is 0 Å². The second-order valence-corrected chi connectivity index (χ2v) is 7.32. The number of aromatic amines is 1. The van der Waals surface area contributed by atoms with Gasteiger partial charge in [-0.25, -0.2) is 9.37 Å². The van der Waals surface area contributed by atoms with E-state index in [2.05, 4.69) is 36.5 Å². The van der Waals surface area contributed by atoms with Crippen molar-refractivity contribution in [3.63, 3.8) is 0 Å². The average molecular weight is 460 g/mol. The van der Waals surface area contributed by atoms with Crippen LogP contribution in [-0.4, -0.2) is 15.9 Å². The fourth-order valence-electron chi connectivity index (χ4n) is 2.68. The Labute approximate surface area is 173 Å². The second kappa shape index (κ2) is 7.61. The first-order chi connectivity index (χ1) is 13.5. The molecule has 0 spiro atoms. The number of H-pyrrole nitrogens is 1. The molecule has 1 amide bonds. The van der Waals surface area contributed by atoms with Gasteiger partial charge in [-0.15, -0.1) is 0 Å². The van der Waals surface area contributed by atoms with Gasteiger partial charge in [-0.3, -0.25) is 4.79 Å². The number of fused-ring (bicyclic) bond motifs is 1. The maximum absolute atomic E-state index is 13.9. The van der Waals surface area contributed by atoms with E-state index in [4.69, 9.17) is 11.6 Å². The molecule has 3 aromatic carbocycles. The van der Waals surface area contributed by atoms with Gasteiger partial charge in [0.2, 0.25) is 5.95 Å². The Hall–Kier alpha value is -2.90. The number of amides is 1. The number of hydrogen-bond acceptors (Lipinski definition) is 3. The van der Waals surface area contributed by atoms with Crippen molar-refractivity contribution in [3.05, 3.63) is 81.5 Å². The molecule has 8 heteroatoms. The molecule has 1 heterocycles. The maximum atomic E-state index is 13.9. The van der Waals surface area contributed by atoms with Crippen molar-refractivity contribution in [2.75, 3.05) is 10.6 Å². The lowest BCUT2D eigenvalue weighted by molar-refractivity contribution is 0.102. The normalized spacial score (nSPS) is 10.8. The zero-order chi connectivity index (χ0) is 19.7. The van der Waals surface area contributed by atoms with E-state index in [0.717, 1.165) is 4.47 Å². The quantitative estimate of drug-likeness (QED) is 0.345. The van der Waals surface area contributed by atoms with Gasteiger partial charge in [0.05, 0.1) is 21.7 Å². The van der Waals surface area contributed by atoms with Gasteiger partial charge in [-0.2, -0.15) is 0 Å². The summed E-state index contributed by atoms with van der Waals surface area (Å²) in [7, 11) is 0. The fourth-order valence-corrected chi connectivity index (χ4v) is 3.16. The topological polar surface area (TPSA) is 69.8 Å². The zero-order valence-corrected chi connectivity index (χ0v) is 16.6. The highest BCUT2D eigenvalue weighted by Gasteiger charge is 2.12. The number of nitrogens with zero attached hydrogens (tertiary/aromatic N) is 1. The van der Waals surface area contributed by atoms with Crippen LogP contribution >= 0.6 is 27.5 Å². The maximum Gasteiger partial charge on any atom is 0.255 e. The zero-order valence-electron chi connectivity index (χ0n) is 14.3. The molecule has 0 radical (unpaired) electrons. The van der Waals surface area contributed by atoms with Gasteiger partial charge in [-0.05, 0) is 54.6 Å². The van der Waals surface area contributed by atoms with Crippen molar-refractivity contribution >= 4 is 61.8 Å². The summed E-state index contributed by atoms with van der Waals surface area (Å²) in [4.78, 5) is 19.9. The Morgan fingerprint density at radius 2 is 1.89 bits per heavy atom. The van der Waals surface area contributed by atoms with E-state index in [1.54, 1.807) is 36.4 Å². The molecule has 0 saturated carbocycles. The molecular weight excluding hydrogens is 447 g/mol. The predicted octanol–water partition coefficient (Wildman–Crippen LogP) is 6.11. The molecule has 0 aliphatic carbocycles. The third-order valence-electron chi connectivity index (χ3n) is 4.05. The molecule has 28 heavy (non-hydrogen) atoms. The van der Waals surface area contributed by atoms with Crippen LogP contribution in [-0.2, 0) is 0 Å². The third-order valence-corrected chi connectivity index (χ3v) is 4.90. The molecule has 3 N–H and O–H groups in total. The number of carbonyl (C=O) groups excluding carboxylic acids is 1.